The molecule has 1 N–H and O–H groups in total. The molecule has 2 rings (SSSR count). The molecule has 1 aromatic rings. The quantitative estimate of drug-likeness (QED) is 0.842. The maximum atomic E-state index is 11.8. The van der Waals surface area contributed by atoms with Crippen LogP contribution in [0.5, 0.6) is 0 Å². The van der Waals surface area contributed by atoms with Gasteiger partial charge in [0, 0.05) is 18.0 Å². The number of hydrogen-bond donors (Lipinski definition) is 1. The Morgan fingerprint density at radius 2 is 2.32 bits per heavy atom. The minimum absolute atomic E-state index is 0.0838. The van der Waals surface area contributed by atoms with E-state index in [0.717, 1.165) is 19.4 Å². The lowest BCUT2D eigenvalue weighted by Gasteiger charge is -2.11. The number of nitrogens with one attached hydrogen (secondary N) is 1. The van der Waals surface area contributed by atoms with Crippen LogP contribution in [0.1, 0.15) is 24.0 Å². The average Bonchev–Trinajstić information content (AvgIpc) is 2.88. The van der Waals surface area contributed by atoms with Crippen LogP contribution in [0.3, 0.4) is 0 Å². The number of hydrogen-bond acceptors (Lipinski definition) is 3. The van der Waals surface area contributed by atoms with Gasteiger partial charge < -0.3 is 10.1 Å². The van der Waals surface area contributed by atoms with Crippen LogP contribution in [0.25, 0.3) is 0 Å². The molecule has 3 nitrogen and oxygen atoms in total. The van der Waals surface area contributed by atoms with Crippen LogP contribution >= 0.6 is 11.8 Å². The van der Waals surface area contributed by atoms with Crippen molar-refractivity contribution >= 4 is 17.7 Å². The van der Waals surface area contributed by atoms with Gasteiger partial charge in [0.25, 0.3) is 0 Å². The number of thioether (sulfide) groups is 1. The smallest absolute Gasteiger partial charge is 0.230 e. The fourth-order valence-electron chi connectivity index (χ4n) is 2.19. The Kier molecular flexibility index (Phi) is 5.28. The molecule has 1 unspecified atom stereocenters. The number of aryl methyl sites for hydroxylation is 2. The largest absolute Gasteiger partial charge is 0.376 e. The fourth-order valence-corrected chi connectivity index (χ4v) is 3.03. The molecule has 0 aromatic heterocycles. The highest BCUT2D eigenvalue weighted by Gasteiger charge is 2.16. The number of carbonyl (C=O) groups excluding carboxylic acids is 1. The third-order valence-corrected chi connectivity index (χ3v) is 4.42. The van der Waals surface area contributed by atoms with E-state index in [0.29, 0.717) is 12.3 Å². The van der Waals surface area contributed by atoms with Crippen molar-refractivity contribution < 1.29 is 9.53 Å². The predicted octanol–water partition coefficient (Wildman–Crippen LogP) is 2.69. The van der Waals surface area contributed by atoms with E-state index in [1.807, 2.05) is 0 Å². The van der Waals surface area contributed by atoms with E-state index in [4.69, 9.17) is 4.74 Å². The summed E-state index contributed by atoms with van der Waals surface area (Å²) < 4.78 is 5.48. The van der Waals surface area contributed by atoms with E-state index >= 15 is 0 Å². The van der Waals surface area contributed by atoms with Crippen LogP contribution in [0.4, 0.5) is 0 Å². The molecule has 4 heteroatoms. The summed E-state index contributed by atoms with van der Waals surface area (Å²) in [5, 5.41) is 2.94. The summed E-state index contributed by atoms with van der Waals surface area (Å²) in [5.74, 6) is 0.553. The second kappa shape index (κ2) is 6.96. The minimum atomic E-state index is 0.0838. The first-order valence-electron chi connectivity index (χ1n) is 6.73. The monoisotopic (exact) mass is 279 g/mol. The van der Waals surface area contributed by atoms with Gasteiger partial charge in [-0.15, -0.1) is 11.8 Å². The molecule has 1 aliphatic rings. The third-order valence-electron chi connectivity index (χ3n) is 3.24. The molecule has 0 aliphatic carbocycles. The van der Waals surface area contributed by atoms with Crippen molar-refractivity contribution in [2.24, 2.45) is 0 Å². The van der Waals surface area contributed by atoms with E-state index in [1.54, 1.807) is 11.8 Å². The Hall–Kier alpha value is -1.00. The highest BCUT2D eigenvalue weighted by molar-refractivity contribution is 8.00. The van der Waals surface area contributed by atoms with Crippen molar-refractivity contribution in [3.05, 3.63) is 29.3 Å². The summed E-state index contributed by atoms with van der Waals surface area (Å²) in [4.78, 5) is 12.9. The summed E-state index contributed by atoms with van der Waals surface area (Å²) in [6.45, 7) is 5.64. The van der Waals surface area contributed by atoms with Crippen LogP contribution < -0.4 is 5.32 Å². The van der Waals surface area contributed by atoms with Crippen molar-refractivity contribution in [2.45, 2.75) is 37.7 Å². The van der Waals surface area contributed by atoms with E-state index in [2.05, 4.69) is 37.4 Å². The van der Waals surface area contributed by atoms with Crippen LogP contribution in [0.15, 0.2) is 23.1 Å². The predicted molar refractivity (Wildman–Crippen MR) is 78.6 cm³/mol. The Morgan fingerprint density at radius 3 is 3.00 bits per heavy atom. The highest BCUT2D eigenvalue weighted by atomic mass is 32.2. The molecule has 1 amide bonds. The first kappa shape index (κ1) is 14.4. The molecular formula is C15H21NO2S. The molecule has 1 atom stereocenters. The van der Waals surface area contributed by atoms with Crippen LogP contribution in [0.2, 0.25) is 0 Å². The SMILES string of the molecule is Cc1ccc(SCC(=O)NCC2CCCO2)c(C)c1. The fraction of sp³-hybridized carbons (Fsp3) is 0.533. The summed E-state index contributed by atoms with van der Waals surface area (Å²) >= 11 is 1.59. The molecule has 1 aliphatic heterocycles. The molecular weight excluding hydrogens is 258 g/mol. The van der Waals surface area contributed by atoms with Crippen molar-refractivity contribution in [1.82, 2.24) is 5.32 Å². The molecule has 1 aromatic carbocycles. The minimum Gasteiger partial charge on any atom is -0.376 e. The number of amides is 1. The summed E-state index contributed by atoms with van der Waals surface area (Å²) in [5.41, 5.74) is 2.49. The normalized spacial score (nSPS) is 18.5. The van der Waals surface area contributed by atoms with E-state index < -0.39 is 0 Å². The van der Waals surface area contributed by atoms with Crippen molar-refractivity contribution in [1.29, 1.82) is 0 Å². The van der Waals surface area contributed by atoms with Gasteiger partial charge in [-0.2, -0.15) is 0 Å². The molecule has 0 radical (unpaired) electrons. The van der Waals surface area contributed by atoms with Gasteiger partial charge >= 0.3 is 0 Å². The zero-order valence-electron chi connectivity index (χ0n) is 11.6. The number of benzene rings is 1. The van der Waals surface area contributed by atoms with Crippen LogP contribution in [0, 0.1) is 13.8 Å². The van der Waals surface area contributed by atoms with E-state index in [-0.39, 0.29) is 12.0 Å². The standard InChI is InChI=1S/C15H21NO2S/c1-11-5-6-14(12(2)8-11)19-10-15(17)16-9-13-4-3-7-18-13/h5-6,8,13H,3-4,7,9-10H2,1-2H3,(H,16,17). The Morgan fingerprint density at radius 1 is 1.47 bits per heavy atom. The Bertz CT molecular complexity index is 442. The Balaban J connectivity index is 1.73. The lowest BCUT2D eigenvalue weighted by molar-refractivity contribution is -0.119. The first-order chi connectivity index (χ1) is 9.15. The molecule has 19 heavy (non-hydrogen) atoms. The maximum Gasteiger partial charge on any atom is 0.230 e. The second-order valence-electron chi connectivity index (χ2n) is 5.00. The summed E-state index contributed by atoms with van der Waals surface area (Å²) in [6, 6.07) is 6.31. The van der Waals surface area contributed by atoms with Gasteiger partial charge in [0.1, 0.15) is 0 Å². The second-order valence-corrected chi connectivity index (χ2v) is 6.01. The first-order valence-corrected chi connectivity index (χ1v) is 7.72. The van der Waals surface area contributed by atoms with E-state index in [9.17, 15) is 4.79 Å². The number of rotatable bonds is 5. The van der Waals surface area contributed by atoms with Gasteiger partial charge in [0.2, 0.25) is 5.91 Å². The summed E-state index contributed by atoms with van der Waals surface area (Å²) in [6.07, 6.45) is 2.39. The van der Waals surface area contributed by atoms with Gasteiger partial charge in [-0.25, -0.2) is 0 Å². The van der Waals surface area contributed by atoms with Crippen molar-refractivity contribution in [2.75, 3.05) is 18.9 Å². The molecule has 0 spiro atoms. The van der Waals surface area contributed by atoms with Gasteiger partial charge in [-0.05, 0) is 38.3 Å². The number of carbonyl (C=O) groups is 1. The zero-order chi connectivity index (χ0) is 13.7. The van der Waals surface area contributed by atoms with Crippen LogP contribution in [-0.2, 0) is 9.53 Å². The molecule has 1 saturated heterocycles. The van der Waals surface area contributed by atoms with Gasteiger partial charge in [0.15, 0.2) is 0 Å². The van der Waals surface area contributed by atoms with Crippen molar-refractivity contribution in [3.63, 3.8) is 0 Å². The molecule has 0 bridgehead atoms. The Labute approximate surface area is 119 Å². The summed E-state index contributed by atoms with van der Waals surface area (Å²) in [7, 11) is 0. The zero-order valence-corrected chi connectivity index (χ0v) is 12.4. The lowest BCUT2D eigenvalue weighted by atomic mass is 10.2. The third kappa shape index (κ3) is 4.55. The number of ether oxygens (including phenoxy) is 1. The van der Waals surface area contributed by atoms with Gasteiger partial charge in [0.05, 0.1) is 11.9 Å². The van der Waals surface area contributed by atoms with Crippen LogP contribution in [-0.4, -0.2) is 30.9 Å². The molecule has 104 valence electrons. The lowest BCUT2D eigenvalue weighted by Crippen LogP contribution is -2.32. The molecule has 1 heterocycles. The topological polar surface area (TPSA) is 38.3 Å². The van der Waals surface area contributed by atoms with E-state index in [1.165, 1.54) is 16.0 Å². The maximum absolute atomic E-state index is 11.8. The molecule has 0 saturated carbocycles. The highest BCUT2D eigenvalue weighted by Crippen LogP contribution is 2.22. The van der Waals surface area contributed by atoms with Gasteiger partial charge in [-0.1, -0.05) is 17.7 Å². The van der Waals surface area contributed by atoms with Crippen molar-refractivity contribution in [3.8, 4) is 0 Å². The average molecular weight is 279 g/mol. The molecule has 1 fully saturated rings. The van der Waals surface area contributed by atoms with Gasteiger partial charge in [-0.3, -0.25) is 4.79 Å².